The van der Waals surface area contributed by atoms with E-state index in [9.17, 15) is 19.5 Å². The van der Waals surface area contributed by atoms with Gasteiger partial charge in [0.1, 0.15) is 5.54 Å². The van der Waals surface area contributed by atoms with Crippen molar-refractivity contribution in [1.29, 1.82) is 0 Å². The second-order valence-electron chi connectivity index (χ2n) is 4.62. The molecule has 7 heteroatoms. The zero-order valence-corrected chi connectivity index (χ0v) is 11.3. The number of hydrogen-bond donors (Lipinski definition) is 2. The Morgan fingerprint density at radius 3 is 2.68 bits per heavy atom. The van der Waals surface area contributed by atoms with E-state index >= 15 is 0 Å². The fraction of sp³-hybridized carbons (Fsp3) is 0.750. The molecule has 0 radical (unpaired) electrons. The fourth-order valence-electron chi connectivity index (χ4n) is 2.11. The Bertz CT molecular complexity index is 371. The summed E-state index contributed by atoms with van der Waals surface area (Å²) in [5, 5.41) is 11.7. The van der Waals surface area contributed by atoms with Gasteiger partial charge in [0.15, 0.2) is 0 Å². The Morgan fingerprint density at radius 1 is 1.42 bits per heavy atom. The van der Waals surface area contributed by atoms with Crippen LogP contribution < -0.4 is 5.32 Å². The second-order valence-corrected chi connectivity index (χ2v) is 4.62. The smallest absolute Gasteiger partial charge is 0.329 e. The number of nitrogens with one attached hydrogen (secondary N) is 1. The van der Waals surface area contributed by atoms with Crippen molar-refractivity contribution >= 4 is 18.0 Å². The van der Waals surface area contributed by atoms with Crippen molar-refractivity contribution in [3.8, 4) is 0 Å². The first-order valence-electron chi connectivity index (χ1n) is 6.36. The van der Waals surface area contributed by atoms with E-state index in [2.05, 4.69) is 5.32 Å². The Labute approximate surface area is 111 Å². The first-order valence-corrected chi connectivity index (χ1v) is 6.36. The third-order valence-corrected chi connectivity index (χ3v) is 3.26. The molecular weight excluding hydrogens is 252 g/mol. The molecule has 0 aliphatic carbocycles. The maximum Gasteiger partial charge on any atom is 0.329 e. The number of rotatable bonds is 5. The highest BCUT2D eigenvalue weighted by Gasteiger charge is 2.45. The molecule has 7 nitrogen and oxygen atoms in total. The summed E-state index contributed by atoms with van der Waals surface area (Å²) in [5.74, 6) is -1.39. The molecule has 1 rings (SSSR count). The molecule has 1 fully saturated rings. The van der Waals surface area contributed by atoms with Crippen LogP contribution in [0.2, 0.25) is 0 Å². The van der Waals surface area contributed by atoms with E-state index in [1.165, 1.54) is 11.8 Å². The van der Waals surface area contributed by atoms with Gasteiger partial charge in [-0.3, -0.25) is 4.79 Å². The molecular formula is C12H20N2O5. The van der Waals surface area contributed by atoms with E-state index in [1.807, 2.05) is 0 Å². The Hall–Kier alpha value is -1.79. The summed E-state index contributed by atoms with van der Waals surface area (Å²) >= 11 is 0. The zero-order valence-electron chi connectivity index (χ0n) is 11.3. The Kier molecular flexibility index (Phi) is 5.14. The number of amides is 2. The van der Waals surface area contributed by atoms with Gasteiger partial charge in [-0.1, -0.05) is 0 Å². The summed E-state index contributed by atoms with van der Waals surface area (Å²) < 4.78 is 4.73. The number of carbonyl (C=O) groups is 3. The van der Waals surface area contributed by atoms with Crippen LogP contribution in [-0.2, 0) is 14.3 Å². The van der Waals surface area contributed by atoms with E-state index < -0.39 is 17.5 Å². The van der Waals surface area contributed by atoms with Crippen molar-refractivity contribution in [3.63, 3.8) is 0 Å². The number of likely N-dealkylation sites (tertiary alicyclic amines) is 1. The summed E-state index contributed by atoms with van der Waals surface area (Å²) in [6.45, 7) is 4.10. The van der Waals surface area contributed by atoms with Crippen molar-refractivity contribution in [1.82, 2.24) is 10.2 Å². The normalized spacial score (nSPS) is 22.1. The molecule has 1 unspecified atom stereocenters. The number of hydrogen-bond acceptors (Lipinski definition) is 4. The third-order valence-electron chi connectivity index (χ3n) is 3.26. The van der Waals surface area contributed by atoms with Gasteiger partial charge in [0.05, 0.1) is 13.0 Å². The lowest BCUT2D eigenvalue weighted by atomic mass is 10.00. The molecule has 0 aromatic carbocycles. The molecule has 1 atom stereocenters. The number of ether oxygens (including phenoxy) is 1. The molecule has 1 saturated heterocycles. The molecule has 0 aromatic rings. The van der Waals surface area contributed by atoms with E-state index in [1.54, 1.807) is 6.92 Å². The van der Waals surface area contributed by atoms with Crippen LogP contribution in [0.5, 0.6) is 0 Å². The summed E-state index contributed by atoms with van der Waals surface area (Å²) in [5.41, 5.74) is -1.16. The van der Waals surface area contributed by atoms with Crippen molar-refractivity contribution in [3.05, 3.63) is 0 Å². The lowest BCUT2D eigenvalue weighted by Gasteiger charge is -2.31. The van der Waals surface area contributed by atoms with Crippen molar-refractivity contribution in [2.75, 3.05) is 19.7 Å². The average Bonchev–Trinajstić information content (AvgIpc) is 2.73. The van der Waals surface area contributed by atoms with Gasteiger partial charge >= 0.3 is 18.0 Å². The fourth-order valence-corrected chi connectivity index (χ4v) is 2.11. The number of nitrogens with zero attached hydrogens (tertiary/aromatic N) is 1. The summed E-state index contributed by atoms with van der Waals surface area (Å²) in [6.07, 6.45) is 1.18. The van der Waals surface area contributed by atoms with Crippen LogP contribution in [0.25, 0.3) is 0 Å². The maximum atomic E-state index is 11.9. The summed E-state index contributed by atoms with van der Waals surface area (Å²) in [6, 6.07) is -0.452. The number of carboxylic acids is 1. The molecule has 0 aromatic heterocycles. The minimum absolute atomic E-state index is 0.0806. The highest BCUT2D eigenvalue weighted by molar-refractivity contribution is 5.86. The highest BCUT2D eigenvalue weighted by atomic mass is 16.5. The number of esters is 1. The predicted octanol–water partition coefficient (Wildman–Crippen LogP) is 0.588. The molecule has 0 bridgehead atoms. The molecule has 0 saturated carbocycles. The number of urea groups is 1. The van der Waals surface area contributed by atoms with Crippen LogP contribution in [0.4, 0.5) is 4.79 Å². The van der Waals surface area contributed by atoms with Gasteiger partial charge < -0.3 is 20.1 Å². The standard InChI is InChI=1S/C12H20N2O5/c1-3-19-9(15)5-7-13-11(18)14-8-4-6-12(14,2)10(16)17/h3-8H2,1-2H3,(H,13,18)(H,16,17). The van der Waals surface area contributed by atoms with Gasteiger partial charge in [0, 0.05) is 13.1 Å². The van der Waals surface area contributed by atoms with Gasteiger partial charge in [-0.15, -0.1) is 0 Å². The van der Waals surface area contributed by atoms with Crippen LogP contribution in [0.3, 0.4) is 0 Å². The molecule has 1 heterocycles. The monoisotopic (exact) mass is 272 g/mol. The van der Waals surface area contributed by atoms with Gasteiger partial charge in [-0.2, -0.15) is 0 Å². The molecule has 19 heavy (non-hydrogen) atoms. The minimum atomic E-state index is -1.16. The maximum absolute atomic E-state index is 11.9. The SMILES string of the molecule is CCOC(=O)CCNC(=O)N1CCCC1(C)C(=O)O. The van der Waals surface area contributed by atoms with Crippen molar-refractivity contribution in [2.45, 2.75) is 38.6 Å². The van der Waals surface area contributed by atoms with Gasteiger partial charge in [-0.25, -0.2) is 9.59 Å². The van der Waals surface area contributed by atoms with Crippen molar-refractivity contribution < 1.29 is 24.2 Å². The molecule has 1 aliphatic heterocycles. The highest BCUT2D eigenvalue weighted by Crippen LogP contribution is 2.29. The summed E-state index contributed by atoms with van der Waals surface area (Å²) in [4.78, 5) is 35.5. The first kappa shape index (κ1) is 15.3. The average molecular weight is 272 g/mol. The Balaban J connectivity index is 2.45. The van der Waals surface area contributed by atoms with Crippen molar-refractivity contribution in [2.24, 2.45) is 0 Å². The number of carboxylic acid groups (broad SMARTS) is 1. The van der Waals surface area contributed by atoms with Crippen LogP contribution in [0, 0.1) is 0 Å². The lowest BCUT2D eigenvalue weighted by Crippen LogP contribution is -2.54. The quantitative estimate of drug-likeness (QED) is 0.714. The third kappa shape index (κ3) is 3.59. The van der Waals surface area contributed by atoms with E-state index in [0.717, 1.165) is 0 Å². The Morgan fingerprint density at radius 2 is 2.11 bits per heavy atom. The predicted molar refractivity (Wildman–Crippen MR) is 66.6 cm³/mol. The number of carbonyl (C=O) groups excluding carboxylic acids is 2. The van der Waals surface area contributed by atoms with Crippen LogP contribution in [0.1, 0.15) is 33.1 Å². The largest absolute Gasteiger partial charge is 0.480 e. The molecule has 2 N–H and O–H groups in total. The minimum Gasteiger partial charge on any atom is -0.480 e. The van der Waals surface area contributed by atoms with Gasteiger partial charge in [0.2, 0.25) is 0 Å². The van der Waals surface area contributed by atoms with Crippen LogP contribution >= 0.6 is 0 Å². The molecule has 108 valence electrons. The molecule has 0 spiro atoms. The van der Waals surface area contributed by atoms with Crippen LogP contribution in [-0.4, -0.2) is 53.2 Å². The topological polar surface area (TPSA) is 95.9 Å². The first-order chi connectivity index (χ1) is 8.91. The van der Waals surface area contributed by atoms with E-state index in [-0.39, 0.29) is 18.9 Å². The van der Waals surface area contributed by atoms with Gasteiger partial charge in [0.25, 0.3) is 0 Å². The zero-order chi connectivity index (χ0) is 14.5. The van der Waals surface area contributed by atoms with Crippen LogP contribution in [0.15, 0.2) is 0 Å². The second kappa shape index (κ2) is 6.40. The molecule has 2 amide bonds. The van der Waals surface area contributed by atoms with Gasteiger partial charge in [-0.05, 0) is 26.7 Å². The summed E-state index contributed by atoms with van der Waals surface area (Å²) in [7, 11) is 0. The van der Waals surface area contributed by atoms with E-state index in [4.69, 9.17) is 4.74 Å². The lowest BCUT2D eigenvalue weighted by molar-refractivity contribution is -0.147. The van der Waals surface area contributed by atoms with E-state index in [0.29, 0.717) is 26.0 Å². The number of aliphatic carboxylic acids is 1. The molecule has 1 aliphatic rings.